The lowest BCUT2D eigenvalue weighted by Gasteiger charge is -2.34. The Kier molecular flexibility index (Phi) is 5.18. The maximum absolute atomic E-state index is 13.5. The van der Waals surface area contributed by atoms with E-state index in [9.17, 15) is 8.42 Å². The number of nitrogens with zero attached hydrogens (tertiary/aromatic N) is 2. The van der Waals surface area contributed by atoms with Gasteiger partial charge in [0.2, 0.25) is 10.0 Å². The van der Waals surface area contributed by atoms with Crippen molar-refractivity contribution < 1.29 is 17.9 Å². The molecule has 2 aromatic carbocycles. The van der Waals surface area contributed by atoms with Gasteiger partial charge >= 0.3 is 0 Å². The molecule has 6 nitrogen and oxygen atoms in total. The summed E-state index contributed by atoms with van der Waals surface area (Å²) in [5.74, 6) is 0.762. The van der Waals surface area contributed by atoms with Crippen molar-refractivity contribution in [1.82, 2.24) is 9.21 Å². The van der Waals surface area contributed by atoms with Gasteiger partial charge < -0.3 is 9.47 Å². The standard InChI is InChI=1S/C21H26N2O4S/c1-26-14-13-22-12-11-21(16-22)19-5-3-4-6-20(19)28(24,25)23(21)15-17-7-9-18(27-2)10-8-17/h3-10H,11-16H2,1-2H3. The van der Waals surface area contributed by atoms with Crippen molar-refractivity contribution in [2.45, 2.75) is 23.4 Å². The molecule has 1 atom stereocenters. The number of fused-ring (bicyclic) bond motifs is 2. The summed E-state index contributed by atoms with van der Waals surface area (Å²) in [5, 5.41) is 0. The third kappa shape index (κ3) is 3.12. The highest BCUT2D eigenvalue weighted by Crippen LogP contribution is 2.49. The molecule has 1 saturated heterocycles. The summed E-state index contributed by atoms with van der Waals surface area (Å²) in [5.41, 5.74) is 1.35. The summed E-state index contributed by atoms with van der Waals surface area (Å²) in [6.07, 6.45) is 0.781. The SMILES string of the molecule is COCCN1CCC2(C1)c1ccccc1S(=O)(=O)N2Cc1ccc(OC)cc1. The van der Waals surface area contributed by atoms with Gasteiger partial charge in [0.05, 0.1) is 24.2 Å². The zero-order chi connectivity index (χ0) is 19.8. The monoisotopic (exact) mass is 402 g/mol. The van der Waals surface area contributed by atoms with Crippen LogP contribution < -0.4 is 4.74 Å². The minimum Gasteiger partial charge on any atom is -0.497 e. The van der Waals surface area contributed by atoms with Crippen molar-refractivity contribution in [3.8, 4) is 5.75 Å². The minimum atomic E-state index is -3.55. The number of hydrogen-bond acceptors (Lipinski definition) is 5. The maximum Gasteiger partial charge on any atom is 0.244 e. The highest BCUT2D eigenvalue weighted by Gasteiger charge is 2.56. The van der Waals surface area contributed by atoms with Crippen molar-refractivity contribution in [2.24, 2.45) is 0 Å². The second-order valence-electron chi connectivity index (χ2n) is 7.41. The fraction of sp³-hybridized carbons (Fsp3) is 0.429. The number of ether oxygens (including phenoxy) is 2. The first-order chi connectivity index (χ1) is 13.5. The molecule has 28 heavy (non-hydrogen) atoms. The summed E-state index contributed by atoms with van der Waals surface area (Å²) >= 11 is 0. The van der Waals surface area contributed by atoms with E-state index in [1.807, 2.05) is 36.4 Å². The van der Waals surface area contributed by atoms with Crippen molar-refractivity contribution in [3.05, 3.63) is 59.7 Å². The molecular formula is C21H26N2O4S. The second-order valence-corrected chi connectivity index (χ2v) is 9.24. The Labute approximate surface area is 166 Å². The quantitative estimate of drug-likeness (QED) is 0.743. The first kappa shape index (κ1) is 19.4. The highest BCUT2D eigenvalue weighted by atomic mass is 32.2. The Bertz CT molecular complexity index is 945. The Morgan fingerprint density at radius 3 is 2.54 bits per heavy atom. The Morgan fingerprint density at radius 2 is 1.82 bits per heavy atom. The lowest BCUT2D eigenvalue weighted by atomic mass is 9.88. The third-order valence-corrected chi connectivity index (χ3v) is 7.83. The van der Waals surface area contributed by atoms with E-state index in [0.717, 1.165) is 36.4 Å². The average molecular weight is 403 g/mol. The van der Waals surface area contributed by atoms with Gasteiger partial charge in [0.25, 0.3) is 0 Å². The van der Waals surface area contributed by atoms with Crippen LogP contribution in [0, 0.1) is 0 Å². The van der Waals surface area contributed by atoms with Gasteiger partial charge in [-0.3, -0.25) is 4.90 Å². The van der Waals surface area contributed by atoms with Gasteiger partial charge in [0.15, 0.2) is 0 Å². The fourth-order valence-electron chi connectivity index (χ4n) is 4.40. The van der Waals surface area contributed by atoms with Crippen LogP contribution in [0.4, 0.5) is 0 Å². The largest absolute Gasteiger partial charge is 0.497 e. The van der Waals surface area contributed by atoms with E-state index in [4.69, 9.17) is 9.47 Å². The number of methoxy groups -OCH3 is 2. The molecular weight excluding hydrogens is 376 g/mol. The third-order valence-electron chi connectivity index (χ3n) is 5.86. The first-order valence-electron chi connectivity index (χ1n) is 9.48. The van der Waals surface area contributed by atoms with E-state index in [2.05, 4.69) is 4.90 Å². The van der Waals surface area contributed by atoms with Crippen LogP contribution in [0.25, 0.3) is 0 Å². The number of sulfonamides is 1. The molecule has 0 radical (unpaired) electrons. The number of benzene rings is 2. The van der Waals surface area contributed by atoms with Crippen LogP contribution in [0.2, 0.25) is 0 Å². The van der Waals surface area contributed by atoms with Crippen LogP contribution >= 0.6 is 0 Å². The molecule has 0 N–H and O–H groups in total. The molecule has 2 aliphatic rings. The van der Waals surface area contributed by atoms with Gasteiger partial charge in [-0.1, -0.05) is 30.3 Å². The summed E-state index contributed by atoms with van der Waals surface area (Å²) in [6, 6.07) is 15.1. The topological polar surface area (TPSA) is 59.1 Å². The first-order valence-corrected chi connectivity index (χ1v) is 10.9. The molecule has 0 saturated carbocycles. The van der Waals surface area contributed by atoms with E-state index in [0.29, 0.717) is 24.6 Å². The zero-order valence-corrected chi connectivity index (χ0v) is 17.1. The van der Waals surface area contributed by atoms with Gasteiger partial charge in [0.1, 0.15) is 5.75 Å². The van der Waals surface area contributed by atoms with Gasteiger partial charge in [-0.15, -0.1) is 0 Å². The molecule has 2 aliphatic heterocycles. The van der Waals surface area contributed by atoms with Crippen LogP contribution in [0.3, 0.4) is 0 Å². The normalized spacial score (nSPS) is 23.9. The van der Waals surface area contributed by atoms with Crippen molar-refractivity contribution >= 4 is 10.0 Å². The Morgan fingerprint density at radius 1 is 1.07 bits per heavy atom. The van der Waals surface area contributed by atoms with E-state index in [1.54, 1.807) is 30.7 Å². The van der Waals surface area contributed by atoms with Gasteiger partial charge in [0, 0.05) is 33.3 Å². The number of rotatable bonds is 6. The molecule has 4 rings (SSSR count). The fourth-order valence-corrected chi connectivity index (χ4v) is 6.45. The summed E-state index contributed by atoms with van der Waals surface area (Å²) in [4.78, 5) is 2.74. The summed E-state index contributed by atoms with van der Waals surface area (Å²) < 4.78 is 39.1. The van der Waals surface area contributed by atoms with E-state index in [1.165, 1.54) is 0 Å². The van der Waals surface area contributed by atoms with Crippen LogP contribution in [0.1, 0.15) is 17.5 Å². The van der Waals surface area contributed by atoms with E-state index in [-0.39, 0.29) is 0 Å². The lowest BCUT2D eigenvalue weighted by molar-refractivity contribution is 0.142. The lowest BCUT2D eigenvalue weighted by Crippen LogP contribution is -2.45. The van der Waals surface area contributed by atoms with Crippen molar-refractivity contribution in [1.29, 1.82) is 0 Å². The molecule has 150 valence electrons. The number of hydrogen-bond donors (Lipinski definition) is 0. The van der Waals surface area contributed by atoms with E-state index < -0.39 is 15.6 Å². The molecule has 2 heterocycles. The van der Waals surface area contributed by atoms with Crippen LogP contribution in [-0.2, 0) is 26.8 Å². The molecule has 0 amide bonds. The Hall–Kier alpha value is -1.93. The molecule has 0 aromatic heterocycles. The van der Waals surface area contributed by atoms with Crippen LogP contribution in [0.5, 0.6) is 5.75 Å². The molecule has 7 heteroatoms. The molecule has 1 spiro atoms. The maximum atomic E-state index is 13.5. The predicted octanol–water partition coefficient (Wildman–Crippen LogP) is 2.45. The molecule has 2 aromatic rings. The smallest absolute Gasteiger partial charge is 0.244 e. The van der Waals surface area contributed by atoms with Crippen molar-refractivity contribution in [2.75, 3.05) is 40.5 Å². The van der Waals surface area contributed by atoms with Crippen LogP contribution in [-0.4, -0.2) is 58.1 Å². The molecule has 1 fully saturated rings. The van der Waals surface area contributed by atoms with Crippen molar-refractivity contribution in [3.63, 3.8) is 0 Å². The van der Waals surface area contributed by atoms with Gasteiger partial charge in [-0.2, -0.15) is 4.31 Å². The molecule has 1 unspecified atom stereocenters. The molecule has 0 bridgehead atoms. The van der Waals surface area contributed by atoms with Gasteiger partial charge in [-0.25, -0.2) is 8.42 Å². The predicted molar refractivity (Wildman–Crippen MR) is 107 cm³/mol. The van der Waals surface area contributed by atoms with E-state index >= 15 is 0 Å². The van der Waals surface area contributed by atoms with Crippen LogP contribution in [0.15, 0.2) is 53.4 Å². The molecule has 0 aliphatic carbocycles. The Balaban J connectivity index is 1.72. The summed E-state index contributed by atoms with van der Waals surface area (Å²) in [7, 11) is -0.237. The summed E-state index contributed by atoms with van der Waals surface area (Å²) in [6.45, 7) is 3.33. The minimum absolute atomic E-state index is 0.346. The number of likely N-dealkylation sites (tertiary alicyclic amines) is 1. The van der Waals surface area contributed by atoms with Gasteiger partial charge in [-0.05, 0) is 35.7 Å². The zero-order valence-electron chi connectivity index (χ0n) is 16.3. The average Bonchev–Trinajstić information content (AvgIpc) is 3.22. The highest BCUT2D eigenvalue weighted by molar-refractivity contribution is 7.89. The second kappa shape index (κ2) is 7.48.